The Morgan fingerprint density at radius 3 is 2.71 bits per heavy atom. The number of nitrogens with one attached hydrogen (secondary N) is 2. The van der Waals surface area contributed by atoms with Gasteiger partial charge in [0, 0.05) is 43.8 Å². The number of hydrogen-bond donors (Lipinski definition) is 2. The van der Waals surface area contributed by atoms with Crippen LogP contribution in [0.3, 0.4) is 0 Å². The number of H-pyrrole nitrogens is 1. The molecule has 0 radical (unpaired) electrons. The summed E-state index contributed by atoms with van der Waals surface area (Å²) in [5.41, 5.74) is 0.499. The van der Waals surface area contributed by atoms with Crippen LogP contribution in [-0.2, 0) is 6.54 Å². The Hall–Kier alpha value is -2.19. The van der Waals surface area contributed by atoms with E-state index in [9.17, 15) is 14.4 Å². The predicted molar refractivity (Wildman–Crippen MR) is 110 cm³/mol. The molecule has 152 valence electrons. The zero-order chi connectivity index (χ0) is 19.1. The van der Waals surface area contributed by atoms with Gasteiger partial charge in [-0.15, -0.1) is 12.4 Å². The fourth-order valence-electron chi connectivity index (χ4n) is 3.78. The fraction of sp³-hybridized carbons (Fsp3) is 0.579. The minimum absolute atomic E-state index is 0. The molecule has 1 amide bonds. The van der Waals surface area contributed by atoms with Crippen LogP contribution in [0, 0.1) is 0 Å². The molecule has 9 heteroatoms. The van der Waals surface area contributed by atoms with Gasteiger partial charge in [0.05, 0.1) is 10.9 Å². The summed E-state index contributed by atoms with van der Waals surface area (Å²) in [7, 11) is 0. The van der Waals surface area contributed by atoms with Crippen molar-refractivity contribution in [3.63, 3.8) is 0 Å². The quantitative estimate of drug-likeness (QED) is 0.793. The first kappa shape index (κ1) is 20.5. The van der Waals surface area contributed by atoms with Crippen molar-refractivity contribution in [1.29, 1.82) is 0 Å². The lowest BCUT2D eigenvalue weighted by molar-refractivity contribution is 0.0657. The maximum atomic E-state index is 13.4. The minimum Gasteiger partial charge on any atom is -0.333 e. The SMILES string of the molecule is CCCn1c(=O)[nH]c(=O)c2c(C(=O)N3CCNC[C@H]3C)cc(C3CC3)nc21.Cl. The smallest absolute Gasteiger partial charge is 0.329 e. The Morgan fingerprint density at radius 2 is 2.07 bits per heavy atom. The molecule has 2 aromatic heterocycles. The van der Waals surface area contributed by atoms with E-state index in [0.717, 1.165) is 38.0 Å². The number of halogens is 1. The summed E-state index contributed by atoms with van der Waals surface area (Å²) < 4.78 is 1.49. The van der Waals surface area contributed by atoms with E-state index in [2.05, 4.69) is 15.3 Å². The molecule has 3 heterocycles. The Morgan fingerprint density at radius 1 is 1.32 bits per heavy atom. The predicted octanol–water partition coefficient (Wildman–Crippen LogP) is 1.23. The molecule has 4 rings (SSSR count). The van der Waals surface area contributed by atoms with Crippen molar-refractivity contribution in [3.05, 3.63) is 38.2 Å². The van der Waals surface area contributed by atoms with Crippen molar-refractivity contribution in [2.45, 2.75) is 51.6 Å². The number of aromatic amines is 1. The maximum absolute atomic E-state index is 13.4. The second-order valence-corrected chi connectivity index (χ2v) is 7.53. The molecule has 8 nitrogen and oxygen atoms in total. The second kappa shape index (κ2) is 8.05. The molecule has 1 aliphatic heterocycles. The minimum atomic E-state index is -0.539. The molecule has 1 aliphatic carbocycles. The Bertz CT molecular complexity index is 1010. The molecule has 0 bridgehead atoms. The van der Waals surface area contributed by atoms with E-state index >= 15 is 0 Å². The molecule has 1 saturated carbocycles. The number of amides is 1. The summed E-state index contributed by atoms with van der Waals surface area (Å²) in [4.78, 5) is 47.2. The Labute approximate surface area is 168 Å². The molecule has 2 fully saturated rings. The summed E-state index contributed by atoms with van der Waals surface area (Å²) in [6.45, 7) is 6.45. The van der Waals surface area contributed by atoms with E-state index in [-0.39, 0.29) is 29.7 Å². The number of aromatic nitrogens is 3. The number of carbonyl (C=O) groups is 1. The third-order valence-corrected chi connectivity index (χ3v) is 5.40. The van der Waals surface area contributed by atoms with Crippen LogP contribution in [0.5, 0.6) is 0 Å². The van der Waals surface area contributed by atoms with Gasteiger partial charge in [0.2, 0.25) is 0 Å². The van der Waals surface area contributed by atoms with E-state index in [4.69, 9.17) is 0 Å². The Kier molecular flexibility index (Phi) is 5.90. The van der Waals surface area contributed by atoms with Gasteiger partial charge in [0.15, 0.2) is 5.65 Å². The van der Waals surface area contributed by atoms with Crippen molar-refractivity contribution < 1.29 is 4.79 Å². The van der Waals surface area contributed by atoms with Gasteiger partial charge >= 0.3 is 5.69 Å². The fourth-order valence-corrected chi connectivity index (χ4v) is 3.78. The summed E-state index contributed by atoms with van der Waals surface area (Å²) >= 11 is 0. The van der Waals surface area contributed by atoms with Gasteiger partial charge in [0.1, 0.15) is 0 Å². The van der Waals surface area contributed by atoms with E-state index in [1.165, 1.54) is 4.57 Å². The van der Waals surface area contributed by atoms with Crippen molar-refractivity contribution in [2.24, 2.45) is 0 Å². The highest BCUT2D eigenvalue weighted by atomic mass is 35.5. The van der Waals surface area contributed by atoms with Crippen molar-refractivity contribution >= 4 is 29.3 Å². The third-order valence-electron chi connectivity index (χ3n) is 5.40. The number of aryl methyl sites for hydroxylation is 1. The summed E-state index contributed by atoms with van der Waals surface area (Å²) in [5, 5.41) is 3.50. The molecule has 1 atom stereocenters. The standard InChI is InChI=1S/C19H25N5O3.ClH/c1-3-7-24-16-15(17(25)22-19(24)27)13(9-14(21-16)12-4-5-12)18(26)23-8-6-20-10-11(23)2;/h9,11-12,20H,3-8,10H2,1-2H3,(H,22,25,27);1H/t11-;/m1./s1. The second-order valence-electron chi connectivity index (χ2n) is 7.53. The van der Waals surface area contributed by atoms with Crippen molar-refractivity contribution in [1.82, 2.24) is 24.8 Å². The molecule has 2 aliphatic rings. The van der Waals surface area contributed by atoms with Gasteiger partial charge in [-0.1, -0.05) is 6.92 Å². The van der Waals surface area contributed by atoms with Crippen LogP contribution in [0.1, 0.15) is 55.1 Å². The van der Waals surface area contributed by atoms with E-state index in [1.54, 1.807) is 11.0 Å². The molecule has 2 aromatic rings. The highest BCUT2D eigenvalue weighted by Gasteiger charge is 2.31. The zero-order valence-electron chi connectivity index (χ0n) is 16.2. The topological polar surface area (TPSA) is 100 Å². The summed E-state index contributed by atoms with van der Waals surface area (Å²) in [5.74, 6) is 0.149. The van der Waals surface area contributed by atoms with Gasteiger partial charge in [-0.05, 0) is 32.3 Å². The first-order valence-corrected chi connectivity index (χ1v) is 9.70. The number of fused-ring (bicyclic) bond motifs is 1. The summed E-state index contributed by atoms with van der Waals surface area (Å²) in [6, 6.07) is 1.81. The van der Waals surface area contributed by atoms with Crippen molar-refractivity contribution in [3.8, 4) is 0 Å². The summed E-state index contributed by atoms with van der Waals surface area (Å²) in [6.07, 6.45) is 2.78. The molecular formula is C19H26ClN5O3. The normalized spacial score (nSPS) is 19.5. The van der Waals surface area contributed by atoms with Gasteiger partial charge in [-0.25, -0.2) is 9.78 Å². The van der Waals surface area contributed by atoms with Crippen LogP contribution in [0.25, 0.3) is 11.0 Å². The number of carbonyl (C=O) groups excluding carboxylic acids is 1. The van der Waals surface area contributed by atoms with Gasteiger partial charge in [0.25, 0.3) is 11.5 Å². The molecule has 0 aromatic carbocycles. The molecule has 0 unspecified atom stereocenters. The highest BCUT2D eigenvalue weighted by Crippen LogP contribution is 2.40. The molecular weight excluding hydrogens is 382 g/mol. The van der Waals surface area contributed by atoms with Crippen LogP contribution >= 0.6 is 12.4 Å². The van der Waals surface area contributed by atoms with Crippen LogP contribution in [-0.4, -0.2) is 51.0 Å². The maximum Gasteiger partial charge on any atom is 0.329 e. The molecule has 2 N–H and O–H groups in total. The van der Waals surface area contributed by atoms with Crippen molar-refractivity contribution in [2.75, 3.05) is 19.6 Å². The molecule has 1 saturated heterocycles. The average molecular weight is 408 g/mol. The highest BCUT2D eigenvalue weighted by molar-refractivity contribution is 6.05. The first-order chi connectivity index (χ1) is 13.0. The van der Waals surface area contributed by atoms with Gasteiger partial charge < -0.3 is 10.2 Å². The number of nitrogens with zero attached hydrogens (tertiary/aromatic N) is 3. The van der Waals surface area contributed by atoms with E-state index in [0.29, 0.717) is 30.2 Å². The van der Waals surface area contributed by atoms with Crippen LogP contribution in [0.4, 0.5) is 0 Å². The number of piperazine rings is 1. The van der Waals surface area contributed by atoms with Crippen LogP contribution < -0.4 is 16.6 Å². The molecule has 0 spiro atoms. The lowest BCUT2D eigenvalue weighted by Gasteiger charge is -2.34. The lowest BCUT2D eigenvalue weighted by Crippen LogP contribution is -2.52. The van der Waals surface area contributed by atoms with E-state index in [1.807, 2.05) is 13.8 Å². The lowest BCUT2D eigenvalue weighted by atomic mass is 10.1. The monoisotopic (exact) mass is 407 g/mol. The average Bonchev–Trinajstić information content (AvgIpc) is 3.49. The van der Waals surface area contributed by atoms with Gasteiger partial charge in [-0.2, -0.15) is 0 Å². The van der Waals surface area contributed by atoms with E-state index < -0.39 is 11.2 Å². The molecule has 28 heavy (non-hydrogen) atoms. The van der Waals surface area contributed by atoms with Crippen LogP contribution in [0.2, 0.25) is 0 Å². The largest absolute Gasteiger partial charge is 0.333 e. The zero-order valence-corrected chi connectivity index (χ0v) is 17.0. The number of hydrogen-bond acceptors (Lipinski definition) is 5. The number of pyridine rings is 1. The number of rotatable bonds is 4. The Balaban J connectivity index is 0.00000225. The third kappa shape index (κ3) is 3.58. The van der Waals surface area contributed by atoms with Gasteiger partial charge in [-0.3, -0.25) is 19.1 Å². The van der Waals surface area contributed by atoms with Crippen LogP contribution in [0.15, 0.2) is 15.7 Å². The first-order valence-electron chi connectivity index (χ1n) is 9.70.